The van der Waals surface area contributed by atoms with E-state index in [1.807, 2.05) is 29.0 Å². The van der Waals surface area contributed by atoms with E-state index in [1.165, 1.54) is 5.56 Å². The van der Waals surface area contributed by atoms with E-state index in [2.05, 4.69) is 17.1 Å². The highest BCUT2D eigenvalue weighted by molar-refractivity contribution is 5.51. The van der Waals surface area contributed by atoms with Gasteiger partial charge in [-0.2, -0.15) is 0 Å². The molecule has 2 aromatic rings. The third-order valence-electron chi connectivity index (χ3n) is 2.64. The maximum atomic E-state index is 10.7. The molecule has 0 saturated heterocycles. The molecule has 3 heteroatoms. The van der Waals surface area contributed by atoms with Crippen LogP contribution in [0.25, 0.3) is 0 Å². The van der Waals surface area contributed by atoms with Gasteiger partial charge in [-0.1, -0.05) is 30.3 Å². The summed E-state index contributed by atoms with van der Waals surface area (Å²) in [6, 6.07) is 10.1. The number of hydrogen-bond donors (Lipinski definition) is 0. The molecule has 2 rings (SSSR count). The van der Waals surface area contributed by atoms with Gasteiger partial charge in [0.05, 0.1) is 6.33 Å². The summed E-state index contributed by atoms with van der Waals surface area (Å²) >= 11 is 0. The van der Waals surface area contributed by atoms with Gasteiger partial charge in [0.2, 0.25) is 0 Å². The molecule has 1 aromatic carbocycles. The first-order valence-corrected chi connectivity index (χ1v) is 5.34. The summed E-state index contributed by atoms with van der Waals surface area (Å²) in [5.74, 6) is 0.230. The SMILES string of the molecule is O=CCC(Cn1ccnc1)c1ccccc1. The molecule has 3 nitrogen and oxygen atoms in total. The number of imidazole rings is 1. The van der Waals surface area contributed by atoms with Gasteiger partial charge in [0, 0.05) is 31.3 Å². The number of carbonyl (C=O) groups excluding carboxylic acids is 1. The Morgan fingerprint density at radius 3 is 2.75 bits per heavy atom. The molecule has 0 amide bonds. The summed E-state index contributed by atoms with van der Waals surface area (Å²) in [5, 5.41) is 0. The molecule has 1 heterocycles. The number of aldehydes is 1. The average Bonchev–Trinajstić information content (AvgIpc) is 2.83. The molecule has 16 heavy (non-hydrogen) atoms. The largest absolute Gasteiger partial charge is 0.337 e. The molecular weight excluding hydrogens is 200 g/mol. The van der Waals surface area contributed by atoms with Crippen LogP contribution in [0, 0.1) is 0 Å². The van der Waals surface area contributed by atoms with Crippen molar-refractivity contribution in [3.05, 3.63) is 54.6 Å². The van der Waals surface area contributed by atoms with Gasteiger partial charge in [0.15, 0.2) is 0 Å². The fourth-order valence-electron chi connectivity index (χ4n) is 1.81. The van der Waals surface area contributed by atoms with Crippen molar-refractivity contribution in [1.29, 1.82) is 0 Å². The Morgan fingerprint density at radius 2 is 2.12 bits per heavy atom. The van der Waals surface area contributed by atoms with Gasteiger partial charge in [-0.25, -0.2) is 4.98 Å². The average molecular weight is 214 g/mol. The highest BCUT2D eigenvalue weighted by Gasteiger charge is 2.10. The summed E-state index contributed by atoms with van der Waals surface area (Å²) in [6.45, 7) is 0.794. The standard InChI is InChI=1S/C13H14N2O/c16-9-6-13(10-15-8-7-14-11-15)12-4-2-1-3-5-12/h1-5,7-9,11,13H,6,10H2. The molecule has 0 aliphatic rings. The molecule has 0 spiro atoms. The molecular formula is C13H14N2O. The third kappa shape index (κ3) is 2.57. The third-order valence-corrected chi connectivity index (χ3v) is 2.64. The topological polar surface area (TPSA) is 34.9 Å². The van der Waals surface area contributed by atoms with Crippen molar-refractivity contribution >= 4 is 6.29 Å². The second-order valence-corrected chi connectivity index (χ2v) is 3.77. The Morgan fingerprint density at radius 1 is 1.31 bits per heavy atom. The molecule has 0 aliphatic heterocycles. The van der Waals surface area contributed by atoms with E-state index >= 15 is 0 Å². The number of aromatic nitrogens is 2. The van der Waals surface area contributed by atoms with Crippen LogP contribution < -0.4 is 0 Å². The first-order valence-electron chi connectivity index (χ1n) is 5.34. The molecule has 0 radical (unpaired) electrons. The van der Waals surface area contributed by atoms with Crippen molar-refractivity contribution in [3.63, 3.8) is 0 Å². The van der Waals surface area contributed by atoms with Crippen molar-refractivity contribution in [2.45, 2.75) is 18.9 Å². The second-order valence-electron chi connectivity index (χ2n) is 3.77. The summed E-state index contributed by atoms with van der Waals surface area (Å²) < 4.78 is 2.00. The zero-order valence-electron chi connectivity index (χ0n) is 8.99. The van der Waals surface area contributed by atoms with Crippen LogP contribution in [0.3, 0.4) is 0 Å². The first kappa shape index (κ1) is 10.6. The predicted octanol–water partition coefficient (Wildman–Crippen LogP) is 2.26. The molecule has 0 bridgehead atoms. The van der Waals surface area contributed by atoms with Crippen LogP contribution in [-0.4, -0.2) is 15.8 Å². The fourth-order valence-corrected chi connectivity index (χ4v) is 1.81. The number of rotatable bonds is 5. The summed E-state index contributed by atoms with van der Waals surface area (Å²) in [7, 11) is 0. The molecule has 1 unspecified atom stereocenters. The number of carbonyl (C=O) groups is 1. The van der Waals surface area contributed by atoms with Gasteiger partial charge in [-0.3, -0.25) is 0 Å². The van der Waals surface area contributed by atoms with Crippen LogP contribution in [0.4, 0.5) is 0 Å². The summed E-state index contributed by atoms with van der Waals surface area (Å²) in [4.78, 5) is 14.7. The Balaban J connectivity index is 2.14. The van der Waals surface area contributed by atoms with Crippen LogP contribution in [0.5, 0.6) is 0 Å². The zero-order valence-corrected chi connectivity index (χ0v) is 8.99. The van der Waals surface area contributed by atoms with Gasteiger partial charge in [0.25, 0.3) is 0 Å². The minimum atomic E-state index is 0.230. The van der Waals surface area contributed by atoms with Crippen molar-refractivity contribution in [2.24, 2.45) is 0 Å². The molecule has 0 fully saturated rings. The van der Waals surface area contributed by atoms with E-state index in [0.717, 1.165) is 12.8 Å². The van der Waals surface area contributed by atoms with Gasteiger partial charge in [0.1, 0.15) is 6.29 Å². The minimum absolute atomic E-state index is 0.230. The molecule has 0 aliphatic carbocycles. The van der Waals surface area contributed by atoms with E-state index in [4.69, 9.17) is 0 Å². The summed E-state index contributed by atoms with van der Waals surface area (Å²) in [5.41, 5.74) is 1.20. The van der Waals surface area contributed by atoms with Crippen molar-refractivity contribution < 1.29 is 4.79 Å². The first-order chi connectivity index (χ1) is 7.90. The van der Waals surface area contributed by atoms with Gasteiger partial charge in [-0.05, 0) is 5.56 Å². The Hall–Kier alpha value is -1.90. The van der Waals surface area contributed by atoms with E-state index in [1.54, 1.807) is 12.5 Å². The zero-order chi connectivity index (χ0) is 11.2. The predicted molar refractivity (Wildman–Crippen MR) is 62.1 cm³/mol. The molecule has 1 aromatic heterocycles. The van der Waals surface area contributed by atoms with E-state index in [9.17, 15) is 4.79 Å². The maximum absolute atomic E-state index is 10.7. The highest BCUT2D eigenvalue weighted by atomic mass is 16.1. The maximum Gasteiger partial charge on any atom is 0.120 e. The van der Waals surface area contributed by atoms with Crippen LogP contribution >= 0.6 is 0 Å². The van der Waals surface area contributed by atoms with E-state index in [0.29, 0.717) is 6.42 Å². The lowest BCUT2D eigenvalue weighted by Gasteiger charge is -2.15. The summed E-state index contributed by atoms with van der Waals surface area (Å²) in [6.07, 6.45) is 6.97. The van der Waals surface area contributed by atoms with Crippen LogP contribution in [-0.2, 0) is 11.3 Å². The smallest absolute Gasteiger partial charge is 0.120 e. The number of nitrogens with zero attached hydrogens (tertiary/aromatic N) is 2. The van der Waals surface area contributed by atoms with Gasteiger partial charge in [-0.15, -0.1) is 0 Å². The fraction of sp³-hybridized carbons (Fsp3) is 0.231. The van der Waals surface area contributed by atoms with Crippen LogP contribution in [0.1, 0.15) is 17.9 Å². The Kier molecular flexibility index (Phi) is 3.49. The van der Waals surface area contributed by atoms with Crippen molar-refractivity contribution in [2.75, 3.05) is 0 Å². The van der Waals surface area contributed by atoms with Crippen LogP contribution in [0.2, 0.25) is 0 Å². The van der Waals surface area contributed by atoms with Crippen molar-refractivity contribution in [3.8, 4) is 0 Å². The van der Waals surface area contributed by atoms with Crippen molar-refractivity contribution in [1.82, 2.24) is 9.55 Å². The molecule has 1 atom stereocenters. The monoisotopic (exact) mass is 214 g/mol. The molecule has 82 valence electrons. The normalized spacial score (nSPS) is 12.2. The van der Waals surface area contributed by atoms with E-state index < -0.39 is 0 Å². The lowest BCUT2D eigenvalue weighted by molar-refractivity contribution is -0.108. The lowest BCUT2D eigenvalue weighted by Crippen LogP contribution is -2.08. The lowest BCUT2D eigenvalue weighted by atomic mass is 9.96. The number of benzene rings is 1. The Labute approximate surface area is 94.7 Å². The quantitative estimate of drug-likeness (QED) is 0.715. The molecule has 0 N–H and O–H groups in total. The number of hydrogen-bond acceptors (Lipinski definition) is 2. The van der Waals surface area contributed by atoms with Gasteiger partial charge < -0.3 is 9.36 Å². The minimum Gasteiger partial charge on any atom is -0.337 e. The van der Waals surface area contributed by atoms with Gasteiger partial charge >= 0.3 is 0 Å². The molecule has 0 saturated carbocycles. The highest BCUT2D eigenvalue weighted by Crippen LogP contribution is 2.20. The van der Waals surface area contributed by atoms with E-state index in [-0.39, 0.29) is 5.92 Å². The Bertz CT molecular complexity index is 422. The van der Waals surface area contributed by atoms with Crippen LogP contribution in [0.15, 0.2) is 49.1 Å². The second kappa shape index (κ2) is 5.26.